The summed E-state index contributed by atoms with van der Waals surface area (Å²) in [6.45, 7) is 2.52. The lowest BCUT2D eigenvalue weighted by atomic mass is 10.1. The molecule has 0 atom stereocenters. The Labute approximate surface area is 122 Å². The summed E-state index contributed by atoms with van der Waals surface area (Å²) < 4.78 is 11.1. The van der Waals surface area contributed by atoms with Gasteiger partial charge in [-0.05, 0) is 25.1 Å². The maximum atomic E-state index is 11.3. The smallest absolute Gasteiger partial charge is 0.338 e. The van der Waals surface area contributed by atoms with Crippen molar-refractivity contribution >= 4 is 11.7 Å². The molecule has 0 radical (unpaired) electrons. The zero-order valence-electron chi connectivity index (χ0n) is 11.7. The summed E-state index contributed by atoms with van der Waals surface area (Å²) in [5.41, 5.74) is 6.53. The zero-order valence-corrected chi connectivity index (χ0v) is 11.7. The topological polar surface area (TPSA) is 81.8 Å². The maximum absolute atomic E-state index is 11.3. The van der Waals surface area contributed by atoms with Crippen LogP contribution in [0.4, 0.5) is 5.69 Å². The lowest BCUT2D eigenvalue weighted by molar-refractivity contribution is 0.0695. The molecule has 5 nitrogen and oxygen atoms in total. The average molecular weight is 287 g/mol. The van der Waals surface area contributed by atoms with Crippen LogP contribution in [0.5, 0.6) is 11.5 Å². The number of anilines is 1. The first kappa shape index (κ1) is 14.7. The molecule has 0 unspecified atom stereocenters. The van der Waals surface area contributed by atoms with Gasteiger partial charge in [0.2, 0.25) is 0 Å². The van der Waals surface area contributed by atoms with Crippen molar-refractivity contribution in [2.75, 3.05) is 12.3 Å². The minimum absolute atomic E-state index is 0.0754. The van der Waals surface area contributed by atoms with Crippen LogP contribution in [0.1, 0.15) is 22.8 Å². The van der Waals surface area contributed by atoms with E-state index in [4.69, 9.17) is 15.2 Å². The van der Waals surface area contributed by atoms with Crippen LogP contribution >= 0.6 is 0 Å². The Morgan fingerprint density at radius 3 is 2.38 bits per heavy atom. The highest BCUT2D eigenvalue weighted by Crippen LogP contribution is 2.28. The molecule has 5 heteroatoms. The molecule has 0 aliphatic carbocycles. The van der Waals surface area contributed by atoms with E-state index in [1.54, 1.807) is 30.3 Å². The number of nitrogens with two attached hydrogens (primary N) is 1. The van der Waals surface area contributed by atoms with E-state index < -0.39 is 5.97 Å². The van der Waals surface area contributed by atoms with Gasteiger partial charge in [-0.15, -0.1) is 0 Å². The van der Waals surface area contributed by atoms with Gasteiger partial charge in [0.05, 0.1) is 12.2 Å². The third-order valence-corrected chi connectivity index (χ3v) is 2.93. The van der Waals surface area contributed by atoms with Crippen LogP contribution in [0.2, 0.25) is 0 Å². The molecule has 0 fully saturated rings. The van der Waals surface area contributed by atoms with Crippen LogP contribution in [0.25, 0.3) is 0 Å². The minimum Gasteiger partial charge on any atom is -0.490 e. The number of hydrogen-bond donors (Lipinski definition) is 2. The second-order valence-corrected chi connectivity index (χ2v) is 4.35. The molecule has 0 heterocycles. The predicted octanol–water partition coefficient (Wildman–Crippen LogP) is 2.94. The van der Waals surface area contributed by atoms with Crippen molar-refractivity contribution in [1.82, 2.24) is 0 Å². The van der Waals surface area contributed by atoms with Gasteiger partial charge in [-0.3, -0.25) is 0 Å². The molecule has 2 aromatic rings. The van der Waals surface area contributed by atoms with Gasteiger partial charge in [0.1, 0.15) is 6.61 Å². The van der Waals surface area contributed by atoms with Crippen molar-refractivity contribution in [1.29, 1.82) is 0 Å². The minimum atomic E-state index is -1.07. The van der Waals surface area contributed by atoms with Crippen molar-refractivity contribution in [3.8, 4) is 11.5 Å². The second kappa shape index (κ2) is 6.65. The normalized spacial score (nSPS) is 10.1. The number of benzene rings is 2. The highest BCUT2D eigenvalue weighted by Gasteiger charge is 2.14. The first-order valence-corrected chi connectivity index (χ1v) is 6.58. The molecule has 0 amide bonds. The van der Waals surface area contributed by atoms with Gasteiger partial charge in [0.15, 0.2) is 11.5 Å². The molecule has 0 spiro atoms. The van der Waals surface area contributed by atoms with Gasteiger partial charge in [-0.2, -0.15) is 0 Å². The van der Waals surface area contributed by atoms with Gasteiger partial charge in [0.25, 0.3) is 0 Å². The molecular formula is C16H17NO4. The van der Waals surface area contributed by atoms with Crippen LogP contribution in [-0.4, -0.2) is 17.7 Å². The van der Waals surface area contributed by atoms with Crippen LogP contribution < -0.4 is 15.2 Å². The van der Waals surface area contributed by atoms with E-state index in [1.165, 1.54) is 0 Å². The highest BCUT2D eigenvalue weighted by atomic mass is 16.5. The van der Waals surface area contributed by atoms with E-state index in [0.717, 1.165) is 0 Å². The van der Waals surface area contributed by atoms with E-state index in [0.29, 0.717) is 23.7 Å². The number of carboxylic acid groups (broad SMARTS) is 1. The molecule has 0 aliphatic rings. The van der Waals surface area contributed by atoms with Gasteiger partial charge in [-0.1, -0.05) is 24.3 Å². The number of nitrogen functional groups attached to an aromatic ring is 1. The number of carbonyl (C=O) groups is 1. The number of carboxylic acids is 1. The van der Waals surface area contributed by atoms with Gasteiger partial charge in [0, 0.05) is 11.3 Å². The number of rotatable bonds is 6. The number of ether oxygens (including phenoxy) is 2. The largest absolute Gasteiger partial charge is 0.490 e. The summed E-state index contributed by atoms with van der Waals surface area (Å²) >= 11 is 0. The van der Waals surface area contributed by atoms with Crippen molar-refractivity contribution in [3.63, 3.8) is 0 Å². The van der Waals surface area contributed by atoms with Crippen molar-refractivity contribution in [2.24, 2.45) is 0 Å². The number of aromatic carboxylic acids is 1. The van der Waals surface area contributed by atoms with Gasteiger partial charge in [-0.25, -0.2) is 4.79 Å². The average Bonchev–Trinajstić information content (AvgIpc) is 2.46. The van der Waals surface area contributed by atoms with E-state index in [9.17, 15) is 9.90 Å². The van der Waals surface area contributed by atoms with Gasteiger partial charge < -0.3 is 20.3 Å². The van der Waals surface area contributed by atoms with Crippen LogP contribution in [0, 0.1) is 0 Å². The molecule has 0 saturated heterocycles. The summed E-state index contributed by atoms with van der Waals surface area (Å²) in [5, 5.41) is 9.22. The Morgan fingerprint density at radius 2 is 1.76 bits per heavy atom. The summed E-state index contributed by atoms with van der Waals surface area (Å²) in [7, 11) is 0. The maximum Gasteiger partial charge on any atom is 0.338 e. The standard InChI is InChI=1S/C16H17NO4/c1-2-20-13-8-3-4-9-14(13)21-10-11-6-5-7-12(17)15(11)16(18)19/h3-9H,2,10,17H2,1H3,(H,18,19). The fourth-order valence-corrected chi connectivity index (χ4v) is 2.00. The first-order valence-electron chi connectivity index (χ1n) is 6.58. The first-order chi connectivity index (χ1) is 10.1. The third kappa shape index (κ3) is 3.45. The second-order valence-electron chi connectivity index (χ2n) is 4.35. The van der Waals surface area contributed by atoms with E-state index in [1.807, 2.05) is 19.1 Å². The molecule has 2 rings (SSSR count). The fraction of sp³-hybridized carbons (Fsp3) is 0.188. The Balaban J connectivity index is 2.21. The number of para-hydroxylation sites is 2. The summed E-state index contributed by atoms with van der Waals surface area (Å²) in [6.07, 6.45) is 0. The van der Waals surface area contributed by atoms with Gasteiger partial charge >= 0.3 is 5.97 Å². The molecule has 0 bridgehead atoms. The lowest BCUT2D eigenvalue weighted by Crippen LogP contribution is -2.09. The summed E-state index contributed by atoms with van der Waals surface area (Å²) in [6, 6.07) is 12.2. The molecule has 0 aromatic heterocycles. The van der Waals surface area contributed by atoms with E-state index >= 15 is 0 Å². The van der Waals surface area contributed by atoms with Crippen molar-refractivity contribution in [2.45, 2.75) is 13.5 Å². The zero-order chi connectivity index (χ0) is 15.2. The quantitative estimate of drug-likeness (QED) is 0.798. The van der Waals surface area contributed by atoms with Crippen LogP contribution in [0.15, 0.2) is 42.5 Å². The highest BCUT2D eigenvalue weighted by molar-refractivity contribution is 5.95. The monoisotopic (exact) mass is 287 g/mol. The molecule has 3 N–H and O–H groups in total. The Bertz CT molecular complexity index is 640. The van der Waals surface area contributed by atoms with Crippen LogP contribution in [0.3, 0.4) is 0 Å². The lowest BCUT2D eigenvalue weighted by Gasteiger charge is -2.13. The molecule has 21 heavy (non-hydrogen) atoms. The summed E-state index contributed by atoms with van der Waals surface area (Å²) in [5.74, 6) is 0.128. The molecule has 0 saturated carbocycles. The van der Waals surface area contributed by atoms with E-state index in [2.05, 4.69) is 0 Å². The SMILES string of the molecule is CCOc1ccccc1OCc1cccc(N)c1C(=O)O. The Hall–Kier alpha value is -2.69. The number of hydrogen-bond acceptors (Lipinski definition) is 4. The van der Waals surface area contributed by atoms with Crippen molar-refractivity contribution < 1.29 is 19.4 Å². The third-order valence-electron chi connectivity index (χ3n) is 2.93. The molecular weight excluding hydrogens is 270 g/mol. The summed E-state index contributed by atoms with van der Waals surface area (Å²) in [4.78, 5) is 11.3. The fourth-order valence-electron chi connectivity index (χ4n) is 2.00. The van der Waals surface area contributed by atoms with E-state index in [-0.39, 0.29) is 17.9 Å². The van der Waals surface area contributed by atoms with Crippen molar-refractivity contribution in [3.05, 3.63) is 53.6 Å². The Kier molecular flexibility index (Phi) is 4.66. The van der Waals surface area contributed by atoms with Crippen LogP contribution in [-0.2, 0) is 6.61 Å². The molecule has 110 valence electrons. The molecule has 0 aliphatic heterocycles. The molecule has 2 aromatic carbocycles. The Morgan fingerprint density at radius 1 is 1.10 bits per heavy atom. The predicted molar refractivity (Wildman–Crippen MR) is 79.8 cm³/mol.